The minimum absolute atomic E-state index is 0.0213. The van der Waals surface area contributed by atoms with Gasteiger partial charge in [0.25, 0.3) is 0 Å². The molecule has 0 aromatic heterocycles. The Morgan fingerprint density at radius 3 is 2.35 bits per heavy atom. The van der Waals surface area contributed by atoms with Gasteiger partial charge >= 0.3 is 0 Å². The standard InChI is InChI=1S/C14H20Cl2O/c1-3-8-14(10-15,11-16)9-12-6-4-5-7-13(12)17-2/h4-7H,3,8-11H2,1-2H3. The van der Waals surface area contributed by atoms with Crippen molar-refractivity contribution in [3.05, 3.63) is 29.8 Å². The molecule has 0 aliphatic carbocycles. The van der Waals surface area contributed by atoms with Crippen molar-refractivity contribution < 1.29 is 4.74 Å². The highest BCUT2D eigenvalue weighted by atomic mass is 35.5. The van der Waals surface area contributed by atoms with Crippen molar-refractivity contribution in [2.45, 2.75) is 26.2 Å². The van der Waals surface area contributed by atoms with E-state index in [1.807, 2.05) is 18.2 Å². The number of halogens is 2. The fraction of sp³-hybridized carbons (Fsp3) is 0.571. The van der Waals surface area contributed by atoms with Crippen LogP contribution in [-0.2, 0) is 6.42 Å². The summed E-state index contributed by atoms with van der Waals surface area (Å²) in [4.78, 5) is 0. The van der Waals surface area contributed by atoms with Crippen LogP contribution in [0.1, 0.15) is 25.3 Å². The van der Waals surface area contributed by atoms with Crippen molar-refractivity contribution in [2.24, 2.45) is 5.41 Å². The zero-order valence-corrected chi connectivity index (χ0v) is 12.0. The van der Waals surface area contributed by atoms with Crippen molar-refractivity contribution >= 4 is 23.2 Å². The summed E-state index contributed by atoms with van der Waals surface area (Å²) < 4.78 is 5.37. The van der Waals surface area contributed by atoms with Gasteiger partial charge in [-0.25, -0.2) is 0 Å². The third kappa shape index (κ3) is 3.79. The highest BCUT2D eigenvalue weighted by Gasteiger charge is 2.28. The third-order valence-electron chi connectivity index (χ3n) is 3.11. The maximum Gasteiger partial charge on any atom is 0.122 e. The van der Waals surface area contributed by atoms with Crippen LogP contribution in [0.25, 0.3) is 0 Å². The van der Waals surface area contributed by atoms with E-state index in [1.54, 1.807) is 7.11 Å². The van der Waals surface area contributed by atoms with Crippen LogP contribution in [0.4, 0.5) is 0 Å². The van der Waals surface area contributed by atoms with E-state index in [9.17, 15) is 0 Å². The molecule has 0 N–H and O–H groups in total. The SMILES string of the molecule is CCCC(CCl)(CCl)Cc1ccccc1OC. The van der Waals surface area contributed by atoms with Crippen LogP contribution in [0.2, 0.25) is 0 Å². The summed E-state index contributed by atoms with van der Waals surface area (Å²) in [7, 11) is 1.70. The molecule has 17 heavy (non-hydrogen) atoms. The minimum Gasteiger partial charge on any atom is -0.496 e. The lowest BCUT2D eigenvalue weighted by atomic mass is 9.81. The molecule has 0 spiro atoms. The van der Waals surface area contributed by atoms with E-state index in [-0.39, 0.29) is 5.41 Å². The molecule has 0 atom stereocenters. The number of hydrogen-bond donors (Lipinski definition) is 0. The van der Waals surface area contributed by atoms with Gasteiger partial charge in [0.2, 0.25) is 0 Å². The molecule has 0 saturated carbocycles. The summed E-state index contributed by atoms with van der Waals surface area (Å²) in [6, 6.07) is 8.07. The lowest BCUT2D eigenvalue weighted by molar-refractivity contribution is 0.331. The molecule has 1 aromatic rings. The average molecular weight is 275 g/mol. The number of rotatable bonds is 7. The summed E-state index contributed by atoms with van der Waals surface area (Å²) in [6.45, 7) is 2.16. The quantitative estimate of drug-likeness (QED) is 0.666. The molecule has 1 nitrogen and oxygen atoms in total. The summed E-state index contributed by atoms with van der Waals surface area (Å²) in [6.07, 6.45) is 3.00. The van der Waals surface area contributed by atoms with E-state index in [0.29, 0.717) is 11.8 Å². The molecular formula is C14H20Cl2O. The van der Waals surface area contributed by atoms with Gasteiger partial charge in [0, 0.05) is 17.2 Å². The van der Waals surface area contributed by atoms with Gasteiger partial charge in [-0.1, -0.05) is 31.5 Å². The molecule has 0 unspecified atom stereocenters. The van der Waals surface area contributed by atoms with E-state index >= 15 is 0 Å². The van der Waals surface area contributed by atoms with Crippen molar-refractivity contribution in [1.29, 1.82) is 0 Å². The second-order valence-electron chi connectivity index (χ2n) is 4.51. The molecule has 0 saturated heterocycles. The van der Waals surface area contributed by atoms with E-state index in [2.05, 4.69) is 13.0 Å². The van der Waals surface area contributed by atoms with E-state index in [0.717, 1.165) is 25.0 Å². The maximum atomic E-state index is 6.12. The van der Waals surface area contributed by atoms with Crippen molar-refractivity contribution in [1.82, 2.24) is 0 Å². The van der Waals surface area contributed by atoms with Gasteiger partial charge in [-0.3, -0.25) is 0 Å². The van der Waals surface area contributed by atoms with Gasteiger partial charge in [-0.2, -0.15) is 0 Å². The van der Waals surface area contributed by atoms with E-state index < -0.39 is 0 Å². The van der Waals surface area contributed by atoms with Gasteiger partial charge in [-0.05, 0) is 24.5 Å². The van der Waals surface area contributed by atoms with Crippen LogP contribution in [0.5, 0.6) is 5.75 Å². The van der Waals surface area contributed by atoms with E-state index in [1.165, 1.54) is 5.56 Å². The monoisotopic (exact) mass is 274 g/mol. The fourth-order valence-electron chi connectivity index (χ4n) is 2.14. The largest absolute Gasteiger partial charge is 0.496 e. The Morgan fingerprint density at radius 2 is 1.82 bits per heavy atom. The first-order chi connectivity index (χ1) is 8.21. The van der Waals surface area contributed by atoms with Gasteiger partial charge < -0.3 is 4.74 Å². The lowest BCUT2D eigenvalue weighted by Crippen LogP contribution is -2.28. The van der Waals surface area contributed by atoms with Crippen molar-refractivity contribution in [3.8, 4) is 5.75 Å². The molecule has 96 valence electrons. The van der Waals surface area contributed by atoms with E-state index in [4.69, 9.17) is 27.9 Å². The molecule has 0 aliphatic rings. The van der Waals surface area contributed by atoms with Gasteiger partial charge in [0.05, 0.1) is 7.11 Å². The Hall–Kier alpha value is -0.400. The molecule has 0 radical (unpaired) electrons. The van der Waals surface area contributed by atoms with Crippen molar-refractivity contribution in [2.75, 3.05) is 18.9 Å². The predicted octanol–water partition coefficient (Wildman–Crippen LogP) is 4.50. The Morgan fingerprint density at radius 1 is 1.18 bits per heavy atom. The number of benzene rings is 1. The molecule has 0 heterocycles. The first-order valence-corrected chi connectivity index (χ1v) is 7.02. The fourth-order valence-corrected chi connectivity index (χ4v) is 2.88. The Kier molecular flexibility index (Phi) is 6.15. The van der Waals surface area contributed by atoms with Crippen molar-refractivity contribution in [3.63, 3.8) is 0 Å². The number of hydrogen-bond acceptors (Lipinski definition) is 1. The first-order valence-electron chi connectivity index (χ1n) is 5.95. The first kappa shape index (κ1) is 14.7. The summed E-state index contributed by atoms with van der Waals surface area (Å²) >= 11 is 12.2. The highest BCUT2D eigenvalue weighted by Crippen LogP contribution is 2.34. The molecule has 0 fully saturated rings. The Balaban J connectivity index is 2.92. The summed E-state index contributed by atoms with van der Waals surface area (Å²) in [5.41, 5.74) is 1.16. The number of para-hydroxylation sites is 1. The summed E-state index contributed by atoms with van der Waals surface area (Å²) in [5.74, 6) is 2.09. The van der Waals surface area contributed by atoms with Gasteiger partial charge in [0.1, 0.15) is 5.75 Å². The average Bonchev–Trinajstić information content (AvgIpc) is 2.38. The highest BCUT2D eigenvalue weighted by molar-refractivity contribution is 6.21. The lowest BCUT2D eigenvalue weighted by Gasteiger charge is -2.30. The van der Waals surface area contributed by atoms with Crippen LogP contribution in [-0.4, -0.2) is 18.9 Å². The van der Waals surface area contributed by atoms with Crippen LogP contribution < -0.4 is 4.74 Å². The van der Waals surface area contributed by atoms with Crippen LogP contribution in [0.3, 0.4) is 0 Å². The normalized spacial score (nSPS) is 11.5. The number of methoxy groups -OCH3 is 1. The van der Waals surface area contributed by atoms with Gasteiger partial charge in [-0.15, -0.1) is 23.2 Å². The second kappa shape index (κ2) is 7.13. The zero-order chi connectivity index (χ0) is 12.7. The minimum atomic E-state index is -0.0213. The molecule has 1 aromatic carbocycles. The molecule has 0 bridgehead atoms. The Bertz CT molecular complexity index is 335. The zero-order valence-electron chi connectivity index (χ0n) is 10.5. The molecule has 3 heteroatoms. The predicted molar refractivity (Wildman–Crippen MR) is 75.5 cm³/mol. The summed E-state index contributed by atoms with van der Waals surface area (Å²) in [5, 5.41) is 0. The maximum absolute atomic E-state index is 6.12. The third-order valence-corrected chi connectivity index (χ3v) is 4.24. The second-order valence-corrected chi connectivity index (χ2v) is 5.04. The van der Waals surface area contributed by atoms with Crippen LogP contribution in [0.15, 0.2) is 24.3 Å². The van der Waals surface area contributed by atoms with Gasteiger partial charge in [0.15, 0.2) is 0 Å². The number of alkyl halides is 2. The molecule has 0 aliphatic heterocycles. The molecular weight excluding hydrogens is 255 g/mol. The Labute approximate surface area is 114 Å². The molecule has 0 amide bonds. The van der Waals surface area contributed by atoms with Crippen LogP contribution >= 0.6 is 23.2 Å². The molecule has 1 rings (SSSR count). The van der Waals surface area contributed by atoms with Crippen LogP contribution in [0, 0.1) is 5.41 Å². The smallest absolute Gasteiger partial charge is 0.122 e. The topological polar surface area (TPSA) is 9.23 Å². The number of ether oxygens (including phenoxy) is 1.